The van der Waals surface area contributed by atoms with E-state index in [9.17, 15) is 19.2 Å². The molecule has 1 aliphatic rings. The van der Waals surface area contributed by atoms with Crippen LogP contribution in [0.15, 0.2) is 60.7 Å². The number of carbonyl (C=O) groups excluding carboxylic acids is 4. The number of carbonyl (C=O) groups is 4. The van der Waals surface area contributed by atoms with E-state index < -0.39 is 30.2 Å². The second kappa shape index (κ2) is 9.99. The molecular weight excluding hydrogens is 474 g/mol. The highest BCUT2D eigenvalue weighted by atomic mass is 35.5. The van der Waals surface area contributed by atoms with Crippen LogP contribution in [0.3, 0.4) is 0 Å². The first-order valence-electron chi connectivity index (χ1n) is 10.5. The van der Waals surface area contributed by atoms with Crippen molar-refractivity contribution in [3.05, 3.63) is 93.5 Å². The monoisotopic (exact) mass is 493 g/mol. The van der Waals surface area contributed by atoms with Crippen molar-refractivity contribution in [1.82, 2.24) is 4.90 Å². The molecule has 1 aliphatic heterocycles. The summed E-state index contributed by atoms with van der Waals surface area (Å²) < 4.78 is 16.0. The summed E-state index contributed by atoms with van der Waals surface area (Å²) in [6.45, 7) is -0.657. The standard InChI is InChI=1S/C26H20ClNO7/c1-33-22-12-16(26(32)35-14-21(29)15-6-5-7-18(27)11-15)10-17(23(22)34-2)13-28-24(30)19-8-3-4-9-20(19)25(28)31/h3-12H,13-14H2,1-2H3. The number of ether oxygens (including phenoxy) is 3. The number of hydrogen-bond acceptors (Lipinski definition) is 7. The summed E-state index contributed by atoms with van der Waals surface area (Å²) in [6.07, 6.45) is 0. The van der Waals surface area contributed by atoms with Gasteiger partial charge in [-0.3, -0.25) is 19.3 Å². The van der Waals surface area contributed by atoms with Crippen molar-refractivity contribution in [3.8, 4) is 11.5 Å². The van der Waals surface area contributed by atoms with Crippen LogP contribution in [0.4, 0.5) is 0 Å². The summed E-state index contributed by atoms with van der Waals surface area (Å²) in [7, 11) is 2.80. The molecule has 0 N–H and O–H groups in total. The molecule has 3 aromatic rings. The maximum Gasteiger partial charge on any atom is 0.338 e. The lowest BCUT2D eigenvalue weighted by molar-refractivity contribution is 0.0474. The first-order chi connectivity index (χ1) is 16.8. The van der Waals surface area contributed by atoms with Crippen LogP contribution in [0.5, 0.6) is 11.5 Å². The molecular formula is C26H20ClNO7. The van der Waals surface area contributed by atoms with E-state index in [4.69, 9.17) is 25.8 Å². The van der Waals surface area contributed by atoms with Gasteiger partial charge in [0, 0.05) is 16.1 Å². The number of halogens is 1. The number of rotatable bonds is 8. The van der Waals surface area contributed by atoms with Crippen LogP contribution in [0.1, 0.15) is 47.0 Å². The highest BCUT2D eigenvalue weighted by Crippen LogP contribution is 2.35. The van der Waals surface area contributed by atoms with E-state index in [1.165, 1.54) is 32.4 Å². The number of ketones is 1. The first-order valence-corrected chi connectivity index (χ1v) is 10.9. The van der Waals surface area contributed by atoms with Crippen molar-refractivity contribution in [3.63, 3.8) is 0 Å². The smallest absolute Gasteiger partial charge is 0.338 e. The average molecular weight is 494 g/mol. The molecule has 4 rings (SSSR count). The number of methoxy groups -OCH3 is 2. The molecule has 0 aromatic heterocycles. The number of esters is 1. The van der Waals surface area contributed by atoms with Gasteiger partial charge in [0.1, 0.15) is 0 Å². The highest BCUT2D eigenvalue weighted by Gasteiger charge is 2.36. The summed E-state index contributed by atoms with van der Waals surface area (Å²) in [6, 6.07) is 15.7. The number of fused-ring (bicyclic) bond motifs is 1. The molecule has 0 spiro atoms. The summed E-state index contributed by atoms with van der Waals surface area (Å²) in [5.41, 5.74) is 1.34. The van der Waals surface area contributed by atoms with Gasteiger partial charge in [0.2, 0.25) is 0 Å². The molecule has 0 aliphatic carbocycles. The Kier molecular flexibility index (Phi) is 6.84. The van der Waals surface area contributed by atoms with Crippen LogP contribution in [-0.2, 0) is 11.3 Å². The van der Waals surface area contributed by atoms with E-state index in [-0.39, 0.29) is 23.6 Å². The van der Waals surface area contributed by atoms with Gasteiger partial charge in [0.15, 0.2) is 23.9 Å². The Morgan fingerprint density at radius 2 is 1.54 bits per heavy atom. The molecule has 178 valence electrons. The molecule has 0 fully saturated rings. The van der Waals surface area contributed by atoms with Crippen LogP contribution in [0.2, 0.25) is 5.02 Å². The fourth-order valence-electron chi connectivity index (χ4n) is 3.79. The van der Waals surface area contributed by atoms with Crippen molar-refractivity contribution in [1.29, 1.82) is 0 Å². The zero-order valence-corrected chi connectivity index (χ0v) is 19.6. The van der Waals surface area contributed by atoms with E-state index in [2.05, 4.69) is 0 Å². The second-order valence-corrected chi connectivity index (χ2v) is 8.06. The van der Waals surface area contributed by atoms with Gasteiger partial charge in [-0.1, -0.05) is 35.9 Å². The number of imide groups is 1. The number of Topliss-reactive ketones (excluding diaryl/α,β-unsaturated/α-hetero) is 1. The van der Waals surface area contributed by atoms with Crippen molar-refractivity contribution < 1.29 is 33.4 Å². The van der Waals surface area contributed by atoms with Crippen LogP contribution < -0.4 is 9.47 Å². The molecule has 0 radical (unpaired) electrons. The Balaban J connectivity index is 1.58. The van der Waals surface area contributed by atoms with Gasteiger partial charge >= 0.3 is 5.97 Å². The number of amides is 2. The highest BCUT2D eigenvalue weighted by molar-refractivity contribution is 6.31. The molecule has 35 heavy (non-hydrogen) atoms. The van der Waals surface area contributed by atoms with Crippen LogP contribution in [0, 0.1) is 0 Å². The van der Waals surface area contributed by atoms with Gasteiger partial charge in [-0.2, -0.15) is 0 Å². The molecule has 0 saturated carbocycles. The molecule has 0 saturated heterocycles. The largest absolute Gasteiger partial charge is 0.493 e. The maximum atomic E-state index is 12.8. The second-order valence-electron chi connectivity index (χ2n) is 7.62. The minimum absolute atomic E-state index is 0.0631. The molecule has 8 nitrogen and oxygen atoms in total. The zero-order chi connectivity index (χ0) is 25.1. The van der Waals surface area contributed by atoms with E-state index in [0.717, 1.165) is 4.90 Å². The minimum atomic E-state index is -0.787. The number of benzene rings is 3. The van der Waals surface area contributed by atoms with Crippen molar-refractivity contribution in [2.24, 2.45) is 0 Å². The Morgan fingerprint density at radius 1 is 0.857 bits per heavy atom. The Labute approximate surface area is 206 Å². The first kappa shape index (κ1) is 24.0. The van der Waals surface area contributed by atoms with Gasteiger partial charge in [-0.15, -0.1) is 0 Å². The summed E-state index contributed by atoms with van der Waals surface area (Å²) in [5, 5.41) is 0.389. The molecule has 3 aromatic carbocycles. The Hall–Kier alpha value is -4.17. The third kappa shape index (κ3) is 4.74. The van der Waals surface area contributed by atoms with E-state index in [1.807, 2.05) is 0 Å². The van der Waals surface area contributed by atoms with Crippen LogP contribution >= 0.6 is 11.6 Å². The van der Waals surface area contributed by atoms with Gasteiger partial charge < -0.3 is 14.2 Å². The van der Waals surface area contributed by atoms with E-state index in [0.29, 0.717) is 27.3 Å². The van der Waals surface area contributed by atoms with Gasteiger partial charge in [0.25, 0.3) is 11.8 Å². The fraction of sp³-hybridized carbons (Fsp3) is 0.154. The normalized spacial score (nSPS) is 12.4. The van der Waals surface area contributed by atoms with Gasteiger partial charge in [-0.05, 0) is 36.4 Å². The average Bonchev–Trinajstić information content (AvgIpc) is 3.11. The van der Waals surface area contributed by atoms with Gasteiger partial charge in [0.05, 0.1) is 37.5 Å². The molecule has 0 unspecified atom stereocenters. The topological polar surface area (TPSA) is 99.2 Å². The SMILES string of the molecule is COc1cc(C(=O)OCC(=O)c2cccc(Cl)c2)cc(CN2C(=O)c3ccccc3C2=O)c1OC. The van der Waals surface area contributed by atoms with E-state index >= 15 is 0 Å². The van der Waals surface area contributed by atoms with Crippen LogP contribution in [-0.4, -0.2) is 49.3 Å². The summed E-state index contributed by atoms with van der Waals surface area (Å²) >= 11 is 5.91. The number of hydrogen-bond donors (Lipinski definition) is 0. The quantitative estimate of drug-likeness (QED) is 0.263. The Bertz CT molecular complexity index is 1320. The van der Waals surface area contributed by atoms with Crippen LogP contribution in [0.25, 0.3) is 0 Å². The van der Waals surface area contributed by atoms with Crippen molar-refractivity contribution in [2.45, 2.75) is 6.54 Å². The lowest BCUT2D eigenvalue weighted by atomic mass is 10.1. The molecule has 0 bridgehead atoms. The predicted molar refractivity (Wildman–Crippen MR) is 126 cm³/mol. The third-order valence-electron chi connectivity index (χ3n) is 5.48. The summed E-state index contributed by atoms with van der Waals surface area (Å²) in [5.74, 6) is -1.65. The zero-order valence-electron chi connectivity index (χ0n) is 18.9. The Morgan fingerprint density at radius 3 is 2.14 bits per heavy atom. The lowest BCUT2D eigenvalue weighted by Gasteiger charge is -2.19. The molecule has 9 heteroatoms. The number of nitrogens with zero attached hydrogens (tertiary/aromatic N) is 1. The minimum Gasteiger partial charge on any atom is -0.493 e. The van der Waals surface area contributed by atoms with Crippen molar-refractivity contribution in [2.75, 3.05) is 20.8 Å². The van der Waals surface area contributed by atoms with Crippen molar-refractivity contribution >= 4 is 35.2 Å². The third-order valence-corrected chi connectivity index (χ3v) is 5.71. The molecule has 2 amide bonds. The predicted octanol–water partition coefficient (Wildman–Crippen LogP) is 4.19. The van der Waals surface area contributed by atoms with Gasteiger partial charge in [-0.25, -0.2) is 4.79 Å². The van der Waals surface area contributed by atoms with E-state index in [1.54, 1.807) is 42.5 Å². The lowest BCUT2D eigenvalue weighted by Crippen LogP contribution is -2.29. The maximum absolute atomic E-state index is 12.8. The summed E-state index contributed by atoms with van der Waals surface area (Å²) in [4.78, 5) is 51.8. The fourth-order valence-corrected chi connectivity index (χ4v) is 3.98. The molecule has 1 heterocycles. The molecule has 0 atom stereocenters.